The number of fused-ring (bicyclic) bond motifs is 1. The molecule has 3 rings (SSSR count). The van der Waals surface area contributed by atoms with Crippen molar-refractivity contribution in [2.45, 2.75) is 13.8 Å². The molecule has 0 unspecified atom stereocenters. The maximum absolute atomic E-state index is 10.6. The van der Waals surface area contributed by atoms with Gasteiger partial charge in [0.1, 0.15) is 0 Å². The molecule has 1 aromatic carbocycles. The van der Waals surface area contributed by atoms with E-state index in [4.69, 9.17) is 5.11 Å². The quantitative estimate of drug-likeness (QED) is 0.612. The van der Waals surface area contributed by atoms with Crippen molar-refractivity contribution in [1.82, 2.24) is 15.3 Å². The van der Waals surface area contributed by atoms with Crippen LogP contribution in [-0.2, 0) is 0 Å². The van der Waals surface area contributed by atoms with Crippen LogP contribution in [0, 0.1) is 0 Å². The fraction of sp³-hybridized carbons (Fsp3) is 0.250. The van der Waals surface area contributed by atoms with Crippen molar-refractivity contribution in [3.63, 3.8) is 0 Å². The molecular formula is C16H20BrN3O2S. The molecule has 0 saturated heterocycles. The van der Waals surface area contributed by atoms with Gasteiger partial charge in [-0.05, 0) is 53.3 Å². The van der Waals surface area contributed by atoms with E-state index in [-0.39, 0.29) is 0 Å². The zero-order valence-corrected chi connectivity index (χ0v) is 15.4. The molecule has 2 heterocycles. The van der Waals surface area contributed by atoms with Crippen LogP contribution in [0.15, 0.2) is 46.0 Å². The number of rotatable bonds is 3. The average Bonchev–Trinajstić information content (AvgIpc) is 3.19. The minimum atomic E-state index is -0.891. The number of carbonyl (C=O) groups is 1. The van der Waals surface area contributed by atoms with Crippen molar-refractivity contribution < 1.29 is 9.90 Å². The van der Waals surface area contributed by atoms with Gasteiger partial charge in [-0.15, -0.1) is 11.3 Å². The van der Waals surface area contributed by atoms with Crippen molar-refractivity contribution in [2.24, 2.45) is 0 Å². The van der Waals surface area contributed by atoms with E-state index in [0.29, 0.717) is 5.56 Å². The summed E-state index contributed by atoms with van der Waals surface area (Å²) in [7, 11) is 0. The smallest absolute Gasteiger partial charge is 0.335 e. The zero-order chi connectivity index (χ0) is 17.1. The predicted octanol–water partition coefficient (Wildman–Crippen LogP) is 4.39. The van der Waals surface area contributed by atoms with Gasteiger partial charge in [0.05, 0.1) is 5.56 Å². The Kier molecular flexibility index (Phi) is 9.20. The number of thiazole rings is 1. The average molecular weight is 398 g/mol. The molecule has 2 aromatic heterocycles. The topological polar surface area (TPSA) is 78.0 Å². The Balaban J connectivity index is 0.000000202. The normalized spacial score (nSPS) is 9.52. The number of hydrogen-bond donors (Lipinski definition) is 3. The molecule has 0 aliphatic carbocycles. The van der Waals surface area contributed by atoms with Crippen LogP contribution in [-0.4, -0.2) is 34.1 Å². The number of nitrogens with zero attached hydrogens (tertiary/aromatic N) is 1. The number of carboxylic acids is 1. The lowest BCUT2D eigenvalue weighted by atomic mass is 10.1. The van der Waals surface area contributed by atoms with E-state index in [1.165, 1.54) is 0 Å². The van der Waals surface area contributed by atoms with Crippen molar-refractivity contribution >= 4 is 44.1 Å². The lowest BCUT2D eigenvalue weighted by Gasteiger charge is -1.93. The molecule has 0 aliphatic rings. The fourth-order valence-corrected chi connectivity index (χ4v) is 2.44. The highest BCUT2D eigenvalue weighted by Crippen LogP contribution is 2.13. The molecule has 0 amide bonds. The Labute approximate surface area is 147 Å². The standard InChI is InChI=1S/C9H7NO2.C4H11N.C3H2BrNS/c11-9(12)7-1-2-8-6(5-7)3-4-10-8;1-3-5-4-2;4-3-5-1-2-6-3/h1-5,10H,(H,11,12);5H,3-4H2,1-2H3;1-2H. The van der Waals surface area contributed by atoms with Gasteiger partial charge in [0.25, 0.3) is 0 Å². The first kappa shape index (κ1) is 19.3. The maximum Gasteiger partial charge on any atom is 0.335 e. The minimum absolute atomic E-state index is 0.321. The number of halogens is 1. The van der Waals surface area contributed by atoms with Gasteiger partial charge < -0.3 is 15.4 Å². The molecular weight excluding hydrogens is 378 g/mol. The SMILES string of the molecule is Brc1nccs1.CCNCC.O=C(O)c1ccc2[nH]ccc2c1. The highest BCUT2D eigenvalue weighted by molar-refractivity contribution is 9.11. The van der Waals surface area contributed by atoms with Gasteiger partial charge in [-0.2, -0.15) is 0 Å². The van der Waals surface area contributed by atoms with E-state index in [1.54, 1.807) is 41.9 Å². The third-order valence-electron chi connectivity index (χ3n) is 2.70. The zero-order valence-electron chi connectivity index (χ0n) is 13.0. The summed E-state index contributed by atoms with van der Waals surface area (Å²) < 4.78 is 0.947. The number of aromatic amines is 1. The van der Waals surface area contributed by atoms with Crippen LogP contribution >= 0.6 is 27.3 Å². The first-order chi connectivity index (χ1) is 11.1. The second-order valence-electron chi connectivity index (χ2n) is 4.33. The summed E-state index contributed by atoms with van der Waals surface area (Å²) in [4.78, 5) is 17.4. The third-order valence-corrected chi connectivity index (χ3v) is 4.03. The van der Waals surface area contributed by atoms with Crippen molar-refractivity contribution in [1.29, 1.82) is 0 Å². The first-order valence-corrected chi connectivity index (χ1v) is 8.81. The molecule has 5 nitrogen and oxygen atoms in total. The van der Waals surface area contributed by atoms with Crippen LogP contribution in [0.3, 0.4) is 0 Å². The largest absolute Gasteiger partial charge is 0.478 e. The number of H-pyrrole nitrogens is 1. The Morgan fingerprint density at radius 2 is 2.09 bits per heavy atom. The molecule has 3 aromatic rings. The number of carboxylic acid groups (broad SMARTS) is 1. The highest BCUT2D eigenvalue weighted by Gasteiger charge is 2.02. The molecule has 0 bridgehead atoms. The van der Waals surface area contributed by atoms with Gasteiger partial charge in [0, 0.05) is 28.7 Å². The lowest BCUT2D eigenvalue weighted by Crippen LogP contribution is -2.09. The number of hydrogen-bond acceptors (Lipinski definition) is 4. The second kappa shape index (κ2) is 10.9. The molecule has 0 atom stereocenters. The van der Waals surface area contributed by atoms with E-state index in [2.05, 4.69) is 45.1 Å². The highest BCUT2D eigenvalue weighted by atomic mass is 79.9. The molecule has 3 N–H and O–H groups in total. The van der Waals surface area contributed by atoms with E-state index < -0.39 is 5.97 Å². The van der Waals surface area contributed by atoms with E-state index in [1.807, 2.05) is 11.4 Å². The van der Waals surface area contributed by atoms with Crippen LogP contribution < -0.4 is 5.32 Å². The summed E-state index contributed by atoms with van der Waals surface area (Å²) in [6.07, 6.45) is 3.55. The van der Waals surface area contributed by atoms with Gasteiger partial charge in [0.2, 0.25) is 0 Å². The van der Waals surface area contributed by atoms with Crippen molar-refractivity contribution in [3.05, 3.63) is 51.5 Å². The Hall–Kier alpha value is -1.70. The fourth-order valence-electron chi connectivity index (χ4n) is 1.64. The van der Waals surface area contributed by atoms with Gasteiger partial charge in [0.15, 0.2) is 3.92 Å². The van der Waals surface area contributed by atoms with Gasteiger partial charge in [-0.3, -0.25) is 0 Å². The molecule has 7 heteroatoms. The first-order valence-electron chi connectivity index (χ1n) is 7.14. The molecule has 0 spiro atoms. The summed E-state index contributed by atoms with van der Waals surface area (Å²) in [6.45, 7) is 6.39. The molecule has 0 aliphatic heterocycles. The van der Waals surface area contributed by atoms with E-state index in [0.717, 1.165) is 27.9 Å². The summed E-state index contributed by atoms with van der Waals surface area (Å²) in [6, 6.07) is 6.84. The van der Waals surface area contributed by atoms with Crippen LogP contribution in [0.2, 0.25) is 0 Å². The number of benzene rings is 1. The molecule has 23 heavy (non-hydrogen) atoms. The minimum Gasteiger partial charge on any atom is -0.478 e. The molecule has 124 valence electrons. The molecule has 0 fully saturated rings. The van der Waals surface area contributed by atoms with Gasteiger partial charge in [-0.1, -0.05) is 13.8 Å². The third kappa shape index (κ3) is 7.40. The monoisotopic (exact) mass is 397 g/mol. The van der Waals surface area contributed by atoms with E-state index in [9.17, 15) is 4.79 Å². The van der Waals surface area contributed by atoms with Gasteiger partial charge in [-0.25, -0.2) is 9.78 Å². The summed E-state index contributed by atoms with van der Waals surface area (Å²) in [5.41, 5.74) is 1.28. The Morgan fingerprint density at radius 3 is 2.52 bits per heavy atom. The summed E-state index contributed by atoms with van der Waals surface area (Å²) in [5.74, 6) is -0.891. The van der Waals surface area contributed by atoms with Crippen LogP contribution in [0.1, 0.15) is 24.2 Å². The van der Waals surface area contributed by atoms with Crippen molar-refractivity contribution in [3.8, 4) is 0 Å². The Bertz CT molecular complexity index is 696. The molecule has 0 radical (unpaired) electrons. The van der Waals surface area contributed by atoms with Crippen molar-refractivity contribution in [2.75, 3.05) is 13.1 Å². The maximum atomic E-state index is 10.6. The van der Waals surface area contributed by atoms with E-state index >= 15 is 0 Å². The van der Waals surface area contributed by atoms with Crippen LogP contribution in [0.25, 0.3) is 10.9 Å². The number of aromatic carboxylic acids is 1. The molecule has 0 saturated carbocycles. The summed E-state index contributed by atoms with van der Waals surface area (Å²) >= 11 is 4.77. The van der Waals surface area contributed by atoms with Crippen LogP contribution in [0.5, 0.6) is 0 Å². The second-order valence-corrected chi connectivity index (χ2v) is 6.50. The summed E-state index contributed by atoms with van der Waals surface area (Å²) in [5, 5.41) is 14.6. The lowest BCUT2D eigenvalue weighted by molar-refractivity contribution is 0.0697. The number of nitrogens with one attached hydrogen (secondary N) is 2. The van der Waals surface area contributed by atoms with Gasteiger partial charge >= 0.3 is 5.97 Å². The Morgan fingerprint density at radius 1 is 1.35 bits per heavy atom. The predicted molar refractivity (Wildman–Crippen MR) is 99.3 cm³/mol. The van der Waals surface area contributed by atoms with Crippen LogP contribution in [0.4, 0.5) is 0 Å². The number of aromatic nitrogens is 2.